The first-order valence-corrected chi connectivity index (χ1v) is 7.55. The van der Waals surface area contributed by atoms with Gasteiger partial charge in [-0.3, -0.25) is 4.40 Å². The Hall–Kier alpha value is -1.17. The minimum atomic E-state index is 0.603. The lowest BCUT2D eigenvalue weighted by molar-refractivity contribution is 1.21. The lowest BCUT2D eigenvalue weighted by atomic mass is 10.3. The monoisotopic (exact) mass is 295 g/mol. The van der Waals surface area contributed by atoms with Crippen LogP contribution in [-0.4, -0.2) is 9.38 Å². The predicted molar refractivity (Wildman–Crippen MR) is 78.5 cm³/mol. The normalized spacial score (nSPS) is 11.2. The molecule has 2 aromatic heterocycles. The highest BCUT2D eigenvalue weighted by Gasteiger charge is 2.04. The quantitative estimate of drug-likeness (QED) is 0.588. The molecule has 3 aromatic rings. The number of benzene rings is 1. The van der Waals surface area contributed by atoms with Crippen LogP contribution < -0.4 is 5.73 Å². The maximum Gasteiger partial charge on any atom is 0.193 e. The molecule has 0 saturated heterocycles. The average Bonchev–Trinajstić information content (AvgIpc) is 2.91. The molecule has 2 N–H and O–H groups in total. The molecule has 0 bridgehead atoms. The van der Waals surface area contributed by atoms with Crippen LogP contribution in [-0.2, 0) is 5.75 Å². The van der Waals surface area contributed by atoms with Crippen LogP contribution >= 0.6 is 34.7 Å². The Labute approximate surface area is 118 Å². The highest BCUT2D eigenvalue weighted by Crippen LogP contribution is 2.28. The maximum atomic E-state index is 5.99. The fourth-order valence-electron chi connectivity index (χ4n) is 1.60. The van der Waals surface area contributed by atoms with Gasteiger partial charge < -0.3 is 5.73 Å². The van der Waals surface area contributed by atoms with Gasteiger partial charge in [-0.05, 0) is 18.2 Å². The van der Waals surface area contributed by atoms with E-state index in [1.54, 1.807) is 23.1 Å². The minimum Gasteiger partial charge on any atom is -0.398 e. The van der Waals surface area contributed by atoms with Gasteiger partial charge in [-0.25, -0.2) is 4.98 Å². The first-order valence-electron chi connectivity index (χ1n) is 5.31. The van der Waals surface area contributed by atoms with Gasteiger partial charge in [0, 0.05) is 28.4 Å². The van der Waals surface area contributed by atoms with Crippen molar-refractivity contribution < 1.29 is 0 Å². The second-order valence-electron chi connectivity index (χ2n) is 3.80. The molecule has 92 valence electrons. The van der Waals surface area contributed by atoms with Crippen LogP contribution in [0.3, 0.4) is 0 Å². The molecule has 18 heavy (non-hydrogen) atoms. The molecule has 0 aliphatic rings. The molecule has 0 saturated carbocycles. The largest absolute Gasteiger partial charge is 0.398 e. The number of hydrogen-bond acceptors (Lipinski definition) is 4. The van der Waals surface area contributed by atoms with Crippen molar-refractivity contribution in [1.82, 2.24) is 9.38 Å². The molecule has 0 unspecified atom stereocenters. The fourth-order valence-corrected chi connectivity index (χ4v) is 3.38. The third-order valence-corrected chi connectivity index (χ3v) is 4.63. The third kappa shape index (κ3) is 2.34. The van der Waals surface area contributed by atoms with Crippen molar-refractivity contribution in [2.75, 3.05) is 5.73 Å². The van der Waals surface area contributed by atoms with Gasteiger partial charge in [-0.1, -0.05) is 11.6 Å². The molecule has 0 aliphatic carbocycles. The van der Waals surface area contributed by atoms with Crippen LogP contribution in [0.5, 0.6) is 0 Å². The van der Waals surface area contributed by atoms with Crippen LogP contribution in [0.1, 0.15) is 5.69 Å². The smallest absolute Gasteiger partial charge is 0.193 e. The summed E-state index contributed by atoms with van der Waals surface area (Å²) in [5, 5.41) is 2.63. The first-order chi connectivity index (χ1) is 8.72. The summed E-state index contributed by atoms with van der Waals surface area (Å²) in [6.45, 7) is 0. The van der Waals surface area contributed by atoms with Gasteiger partial charge in [-0.2, -0.15) is 0 Å². The molecule has 0 amide bonds. The van der Waals surface area contributed by atoms with E-state index in [0.29, 0.717) is 10.7 Å². The van der Waals surface area contributed by atoms with Crippen LogP contribution in [0, 0.1) is 0 Å². The van der Waals surface area contributed by atoms with Gasteiger partial charge in [0.05, 0.1) is 16.4 Å². The Bertz CT molecular complexity index is 661. The third-order valence-electron chi connectivity index (χ3n) is 2.50. The number of anilines is 1. The van der Waals surface area contributed by atoms with Gasteiger partial charge >= 0.3 is 0 Å². The Morgan fingerprint density at radius 1 is 1.44 bits per heavy atom. The SMILES string of the molecule is Nc1ccc(SCc2cn3ccsc3n2)cc1Cl. The van der Waals surface area contributed by atoms with E-state index < -0.39 is 0 Å². The van der Waals surface area contributed by atoms with Gasteiger partial charge in [0.15, 0.2) is 4.96 Å². The number of thiazole rings is 1. The summed E-state index contributed by atoms with van der Waals surface area (Å²) >= 11 is 9.33. The lowest BCUT2D eigenvalue weighted by Crippen LogP contribution is -1.86. The number of nitrogens with zero attached hydrogens (tertiary/aromatic N) is 2. The molecule has 0 spiro atoms. The van der Waals surface area contributed by atoms with E-state index in [9.17, 15) is 0 Å². The topological polar surface area (TPSA) is 43.3 Å². The number of fused-ring (bicyclic) bond motifs is 1. The first kappa shape index (κ1) is 11.9. The van der Waals surface area contributed by atoms with Crippen LogP contribution in [0.4, 0.5) is 5.69 Å². The summed E-state index contributed by atoms with van der Waals surface area (Å²) in [5.41, 5.74) is 7.36. The van der Waals surface area contributed by atoms with Crippen molar-refractivity contribution in [3.05, 3.63) is 46.7 Å². The average molecular weight is 296 g/mol. The Kier molecular flexibility index (Phi) is 3.20. The van der Waals surface area contributed by atoms with Gasteiger partial charge in [0.25, 0.3) is 0 Å². The highest BCUT2D eigenvalue weighted by molar-refractivity contribution is 7.98. The summed E-state index contributed by atoms with van der Waals surface area (Å²) < 4.78 is 2.04. The molecule has 3 rings (SSSR count). The zero-order chi connectivity index (χ0) is 12.5. The number of halogens is 1. The van der Waals surface area contributed by atoms with Gasteiger partial charge in [0.2, 0.25) is 0 Å². The zero-order valence-corrected chi connectivity index (χ0v) is 11.7. The van der Waals surface area contributed by atoms with E-state index in [4.69, 9.17) is 17.3 Å². The van der Waals surface area contributed by atoms with Crippen molar-refractivity contribution in [3.8, 4) is 0 Å². The van der Waals surface area contributed by atoms with E-state index in [0.717, 1.165) is 21.3 Å². The number of thioether (sulfide) groups is 1. The Morgan fingerprint density at radius 2 is 2.33 bits per heavy atom. The number of aromatic nitrogens is 2. The van der Waals surface area contributed by atoms with Crippen molar-refractivity contribution in [1.29, 1.82) is 0 Å². The standard InChI is InChI=1S/C12H10ClN3S2/c13-10-5-9(1-2-11(10)14)18-7-8-6-16-3-4-17-12(16)15-8/h1-6H,7,14H2. The Morgan fingerprint density at radius 3 is 3.11 bits per heavy atom. The molecular weight excluding hydrogens is 286 g/mol. The van der Waals surface area contributed by atoms with E-state index in [1.807, 2.05) is 34.2 Å². The molecule has 0 atom stereocenters. The fraction of sp³-hybridized carbons (Fsp3) is 0.0833. The van der Waals surface area contributed by atoms with Crippen molar-refractivity contribution >= 4 is 45.3 Å². The molecule has 1 aromatic carbocycles. The van der Waals surface area contributed by atoms with E-state index in [1.165, 1.54) is 0 Å². The molecule has 0 aliphatic heterocycles. The van der Waals surface area contributed by atoms with Crippen LogP contribution in [0.15, 0.2) is 40.9 Å². The number of nitrogens with two attached hydrogens (primary N) is 1. The van der Waals surface area contributed by atoms with Gasteiger partial charge in [-0.15, -0.1) is 23.1 Å². The zero-order valence-electron chi connectivity index (χ0n) is 9.34. The lowest BCUT2D eigenvalue weighted by Gasteiger charge is -2.02. The summed E-state index contributed by atoms with van der Waals surface area (Å²) in [6.07, 6.45) is 4.07. The number of nitrogen functional groups attached to an aromatic ring is 1. The second kappa shape index (κ2) is 4.84. The second-order valence-corrected chi connectivity index (χ2v) is 6.13. The minimum absolute atomic E-state index is 0.603. The maximum absolute atomic E-state index is 5.99. The summed E-state index contributed by atoms with van der Waals surface area (Å²) in [4.78, 5) is 6.66. The van der Waals surface area contributed by atoms with Gasteiger partial charge in [0.1, 0.15) is 0 Å². The number of rotatable bonds is 3. The molecule has 0 fully saturated rings. The summed E-state index contributed by atoms with van der Waals surface area (Å²) in [6, 6.07) is 5.70. The number of hydrogen-bond donors (Lipinski definition) is 1. The molecule has 2 heterocycles. The predicted octanol–water partition coefficient (Wildman–Crippen LogP) is 3.92. The molecular formula is C12H10ClN3S2. The number of imidazole rings is 1. The molecule has 0 radical (unpaired) electrons. The highest BCUT2D eigenvalue weighted by atomic mass is 35.5. The molecule has 3 nitrogen and oxygen atoms in total. The summed E-state index contributed by atoms with van der Waals surface area (Å²) in [5.74, 6) is 0.828. The van der Waals surface area contributed by atoms with E-state index >= 15 is 0 Å². The molecule has 6 heteroatoms. The van der Waals surface area contributed by atoms with E-state index in [-0.39, 0.29) is 0 Å². The van der Waals surface area contributed by atoms with Crippen LogP contribution in [0.25, 0.3) is 4.96 Å². The van der Waals surface area contributed by atoms with Crippen molar-refractivity contribution in [2.45, 2.75) is 10.6 Å². The van der Waals surface area contributed by atoms with Crippen LogP contribution in [0.2, 0.25) is 5.02 Å². The Balaban J connectivity index is 1.73. The van der Waals surface area contributed by atoms with E-state index in [2.05, 4.69) is 11.2 Å². The summed E-state index contributed by atoms with van der Waals surface area (Å²) in [7, 11) is 0. The van der Waals surface area contributed by atoms with Crippen molar-refractivity contribution in [2.24, 2.45) is 0 Å². The van der Waals surface area contributed by atoms with Crippen molar-refractivity contribution in [3.63, 3.8) is 0 Å².